The zero-order valence-electron chi connectivity index (χ0n) is 12.6. The van der Waals surface area contributed by atoms with Crippen molar-refractivity contribution in [2.24, 2.45) is 0 Å². The van der Waals surface area contributed by atoms with Gasteiger partial charge in [0.2, 0.25) is 0 Å². The number of ether oxygens (including phenoxy) is 1. The molecule has 0 aliphatic rings. The lowest BCUT2D eigenvalue weighted by atomic mass is 10.1. The number of nitrogens with zero attached hydrogens (tertiary/aromatic N) is 3. The van der Waals surface area contributed by atoms with Crippen LogP contribution in [0.1, 0.15) is 45.1 Å². The molecular formula is C16H14N4O3. The van der Waals surface area contributed by atoms with Gasteiger partial charge in [0.15, 0.2) is 5.69 Å². The van der Waals surface area contributed by atoms with Gasteiger partial charge in [-0.05, 0) is 24.6 Å². The van der Waals surface area contributed by atoms with Gasteiger partial charge in [0.1, 0.15) is 12.0 Å². The Bertz CT molecular complexity index is 766. The SMILES string of the molecule is COC(=O)c1cc(C(=O)N[C@@H](C)c2ccc(C#N)cc2)ncn1. The van der Waals surface area contributed by atoms with Crippen LogP contribution < -0.4 is 5.32 Å². The average Bonchev–Trinajstić information content (AvgIpc) is 2.61. The molecule has 116 valence electrons. The summed E-state index contributed by atoms with van der Waals surface area (Å²) in [5, 5.41) is 11.6. The zero-order valence-corrected chi connectivity index (χ0v) is 12.6. The normalized spacial score (nSPS) is 11.2. The number of esters is 1. The third-order valence-electron chi connectivity index (χ3n) is 3.18. The third-order valence-corrected chi connectivity index (χ3v) is 3.18. The highest BCUT2D eigenvalue weighted by Gasteiger charge is 2.16. The number of nitrogens with one attached hydrogen (secondary N) is 1. The summed E-state index contributed by atoms with van der Waals surface area (Å²) in [5.41, 5.74) is 1.48. The van der Waals surface area contributed by atoms with Crippen LogP contribution in [0.15, 0.2) is 36.7 Å². The molecule has 0 aliphatic carbocycles. The van der Waals surface area contributed by atoms with Crippen molar-refractivity contribution < 1.29 is 14.3 Å². The maximum atomic E-state index is 12.2. The van der Waals surface area contributed by atoms with Crippen molar-refractivity contribution in [1.29, 1.82) is 5.26 Å². The Balaban J connectivity index is 2.11. The third kappa shape index (κ3) is 3.89. The minimum Gasteiger partial charge on any atom is -0.464 e. The number of hydrogen-bond donors (Lipinski definition) is 1. The van der Waals surface area contributed by atoms with E-state index in [0.29, 0.717) is 5.56 Å². The highest BCUT2D eigenvalue weighted by Crippen LogP contribution is 2.14. The monoisotopic (exact) mass is 310 g/mol. The van der Waals surface area contributed by atoms with E-state index in [1.54, 1.807) is 24.3 Å². The molecule has 1 aromatic heterocycles. The van der Waals surface area contributed by atoms with Crippen molar-refractivity contribution in [1.82, 2.24) is 15.3 Å². The van der Waals surface area contributed by atoms with Gasteiger partial charge >= 0.3 is 5.97 Å². The number of rotatable bonds is 4. The molecule has 7 heteroatoms. The van der Waals surface area contributed by atoms with Gasteiger partial charge in [0.05, 0.1) is 24.8 Å². The Labute approximate surface area is 132 Å². The number of methoxy groups -OCH3 is 1. The molecule has 1 N–H and O–H groups in total. The fourth-order valence-electron chi connectivity index (χ4n) is 1.90. The van der Waals surface area contributed by atoms with Crippen LogP contribution in [0.4, 0.5) is 0 Å². The maximum Gasteiger partial charge on any atom is 0.356 e. The van der Waals surface area contributed by atoms with E-state index < -0.39 is 11.9 Å². The van der Waals surface area contributed by atoms with E-state index in [0.717, 1.165) is 11.9 Å². The van der Waals surface area contributed by atoms with Gasteiger partial charge in [-0.2, -0.15) is 5.26 Å². The van der Waals surface area contributed by atoms with E-state index in [9.17, 15) is 9.59 Å². The zero-order chi connectivity index (χ0) is 16.8. The first-order valence-electron chi connectivity index (χ1n) is 6.76. The van der Waals surface area contributed by atoms with Crippen LogP contribution in [0, 0.1) is 11.3 Å². The average molecular weight is 310 g/mol. The Kier molecular flexibility index (Phi) is 5.00. The van der Waals surface area contributed by atoms with E-state index >= 15 is 0 Å². The second-order valence-corrected chi connectivity index (χ2v) is 4.71. The van der Waals surface area contributed by atoms with Crippen LogP contribution in [-0.2, 0) is 4.74 Å². The first kappa shape index (κ1) is 16.1. The molecule has 0 fully saturated rings. The molecule has 2 aromatic rings. The fourth-order valence-corrected chi connectivity index (χ4v) is 1.90. The molecule has 2 rings (SSSR count). The highest BCUT2D eigenvalue weighted by molar-refractivity contribution is 5.95. The summed E-state index contributed by atoms with van der Waals surface area (Å²) < 4.78 is 4.56. The molecule has 1 atom stereocenters. The number of aromatic nitrogens is 2. The maximum absolute atomic E-state index is 12.2. The smallest absolute Gasteiger partial charge is 0.356 e. The number of nitriles is 1. The number of carbonyl (C=O) groups excluding carboxylic acids is 2. The highest BCUT2D eigenvalue weighted by atomic mass is 16.5. The van der Waals surface area contributed by atoms with Crippen LogP contribution in [0.2, 0.25) is 0 Å². The standard InChI is InChI=1S/C16H14N4O3/c1-10(12-5-3-11(8-17)4-6-12)20-15(21)13-7-14(16(22)23-2)19-9-18-13/h3-7,9-10H,1-2H3,(H,20,21)/t10-/m0/s1. The van der Waals surface area contributed by atoms with Crippen molar-refractivity contribution in [2.45, 2.75) is 13.0 Å². The summed E-state index contributed by atoms with van der Waals surface area (Å²) in [7, 11) is 1.23. The molecule has 0 unspecified atom stereocenters. The van der Waals surface area contributed by atoms with E-state index in [1.807, 2.05) is 13.0 Å². The second kappa shape index (κ2) is 7.13. The number of hydrogen-bond acceptors (Lipinski definition) is 6. The van der Waals surface area contributed by atoms with Gasteiger partial charge in [0, 0.05) is 6.07 Å². The summed E-state index contributed by atoms with van der Waals surface area (Å²) in [6.07, 6.45) is 1.13. The molecule has 1 heterocycles. The Morgan fingerprint density at radius 3 is 2.48 bits per heavy atom. The van der Waals surface area contributed by atoms with E-state index in [2.05, 4.69) is 20.0 Å². The molecule has 0 aliphatic heterocycles. The van der Waals surface area contributed by atoms with E-state index in [-0.39, 0.29) is 17.4 Å². The van der Waals surface area contributed by atoms with E-state index in [1.165, 1.54) is 13.2 Å². The summed E-state index contributed by atoms with van der Waals surface area (Å²) in [4.78, 5) is 31.2. The van der Waals surface area contributed by atoms with E-state index in [4.69, 9.17) is 5.26 Å². The molecule has 0 saturated carbocycles. The first-order valence-corrected chi connectivity index (χ1v) is 6.76. The number of carbonyl (C=O) groups is 2. The number of benzene rings is 1. The predicted molar refractivity (Wildman–Crippen MR) is 80.4 cm³/mol. The largest absolute Gasteiger partial charge is 0.464 e. The Morgan fingerprint density at radius 2 is 1.87 bits per heavy atom. The van der Waals surface area contributed by atoms with Gasteiger partial charge < -0.3 is 10.1 Å². The molecule has 0 spiro atoms. The summed E-state index contributed by atoms with van der Waals surface area (Å²) >= 11 is 0. The van der Waals surface area contributed by atoms with Crippen molar-refractivity contribution >= 4 is 11.9 Å². The molecule has 0 bridgehead atoms. The van der Waals surface area contributed by atoms with Crippen LogP contribution in [0.25, 0.3) is 0 Å². The Morgan fingerprint density at radius 1 is 1.22 bits per heavy atom. The molecule has 1 amide bonds. The van der Waals surface area contributed by atoms with Crippen LogP contribution >= 0.6 is 0 Å². The van der Waals surface area contributed by atoms with Crippen molar-refractivity contribution in [3.63, 3.8) is 0 Å². The van der Waals surface area contributed by atoms with Gasteiger partial charge in [-0.15, -0.1) is 0 Å². The number of amides is 1. The minimum absolute atomic E-state index is 0.0127. The molecule has 0 radical (unpaired) electrons. The first-order chi connectivity index (χ1) is 11.0. The minimum atomic E-state index is -0.637. The molecule has 23 heavy (non-hydrogen) atoms. The van der Waals surface area contributed by atoms with Crippen LogP contribution in [0.3, 0.4) is 0 Å². The lowest BCUT2D eigenvalue weighted by molar-refractivity contribution is 0.0593. The topological polar surface area (TPSA) is 105 Å². The summed E-state index contributed by atoms with van der Waals surface area (Å²) in [6.45, 7) is 1.81. The predicted octanol–water partition coefficient (Wildman–Crippen LogP) is 1.63. The quantitative estimate of drug-likeness (QED) is 0.860. The Hall–Kier alpha value is -3.27. The van der Waals surface area contributed by atoms with Crippen molar-refractivity contribution in [3.8, 4) is 6.07 Å². The van der Waals surface area contributed by atoms with Gasteiger partial charge in [-0.3, -0.25) is 4.79 Å². The molecule has 1 aromatic carbocycles. The van der Waals surface area contributed by atoms with Gasteiger partial charge in [-0.25, -0.2) is 14.8 Å². The summed E-state index contributed by atoms with van der Waals surface area (Å²) in [6, 6.07) is 9.91. The molecular weight excluding hydrogens is 296 g/mol. The summed E-state index contributed by atoms with van der Waals surface area (Å²) in [5.74, 6) is -1.07. The fraction of sp³-hybridized carbons (Fsp3) is 0.188. The van der Waals surface area contributed by atoms with Crippen LogP contribution in [0.5, 0.6) is 0 Å². The van der Waals surface area contributed by atoms with Gasteiger partial charge in [0.25, 0.3) is 5.91 Å². The second-order valence-electron chi connectivity index (χ2n) is 4.71. The lowest BCUT2D eigenvalue weighted by Gasteiger charge is -2.14. The van der Waals surface area contributed by atoms with Crippen LogP contribution in [-0.4, -0.2) is 29.0 Å². The lowest BCUT2D eigenvalue weighted by Crippen LogP contribution is -2.27. The van der Waals surface area contributed by atoms with Gasteiger partial charge in [-0.1, -0.05) is 12.1 Å². The van der Waals surface area contributed by atoms with Crippen molar-refractivity contribution in [3.05, 3.63) is 59.2 Å². The molecule has 7 nitrogen and oxygen atoms in total. The van der Waals surface area contributed by atoms with Crippen molar-refractivity contribution in [2.75, 3.05) is 7.11 Å². The molecule has 0 saturated heterocycles.